The van der Waals surface area contributed by atoms with Gasteiger partial charge in [0.05, 0.1) is 0 Å². The van der Waals surface area contributed by atoms with Crippen LogP contribution in [0.1, 0.15) is 122 Å². The molecule has 0 N–H and O–H groups in total. The molecule has 0 nitrogen and oxygen atoms in total. The van der Waals surface area contributed by atoms with E-state index in [1.807, 2.05) is 0 Å². The molecule has 0 aromatic carbocycles. The zero-order valence-electron chi connectivity index (χ0n) is 16.6. The number of hydrogen-bond acceptors (Lipinski definition) is 0. The van der Waals surface area contributed by atoms with Gasteiger partial charge in [-0.3, -0.25) is 0 Å². The fourth-order valence-electron chi connectivity index (χ4n) is 6.70. The smallest absolute Gasteiger partial charge is 0.0355 e. The van der Waals surface area contributed by atoms with E-state index in [9.17, 15) is 0 Å². The molecule has 3 aliphatic rings. The van der Waals surface area contributed by atoms with E-state index in [-0.39, 0.29) is 0 Å². The Kier molecular flexibility index (Phi) is 8.00. The number of hydrogen-bond donors (Lipinski definition) is 0. The van der Waals surface area contributed by atoms with E-state index < -0.39 is 0 Å². The molecule has 0 bridgehead atoms. The molecule has 0 aliphatic heterocycles. The maximum Gasteiger partial charge on any atom is -0.0355 e. The Bertz CT molecular complexity index is 333. The average Bonchev–Trinajstić information content (AvgIpc) is 2.63. The minimum atomic E-state index is 1.10. The van der Waals surface area contributed by atoms with Crippen molar-refractivity contribution in [3.05, 3.63) is 0 Å². The van der Waals surface area contributed by atoms with Crippen LogP contribution >= 0.6 is 0 Å². The van der Waals surface area contributed by atoms with Crippen LogP contribution in [-0.2, 0) is 0 Å². The Balaban J connectivity index is 1.29. The van der Waals surface area contributed by atoms with Crippen molar-refractivity contribution in [3.8, 4) is 0 Å². The molecule has 4 unspecified atom stereocenters. The Morgan fingerprint density at radius 2 is 1.25 bits per heavy atom. The summed E-state index contributed by atoms with van der Waals surface area (Å²) in [6, 6.07) is 0. The zero-order valence-corrected chi connectivity index (χ0v) is 16.6. The first-order valence-corrected chi connectivity index (χ1v) is 11.9. The molecule has 0 amide bonds. The van der Waals surface area contributed by atoms with Gasteiger partial charge >= 0.3 is 0 Å². The molecule has 140 valence electrons. The van der Waals surface area contributed by atoms with Gasteiger partial charge in [-0.15, -0.1) is 0 Å². The van der Waals surface area contributed by atoms with Gasteiger partial charge in [0.2, 0.25) is 0 Å². The van der Waals surface area contributed by atoms with Crippen molar-refractivity contribution in [2.75, 3.05) is 0 Å². The van der Waals surface area contributed by atoms with Gasteiger partial charge in [0.1, 0.15) is 0 Å². The molecule has 0 heteroatoms. The van der Waals surface area contributed by atoms with Crippen molar-refractivity contribution in [3.63, 3.8) is 0 Å². The van der Waals surface area contributed by atoms with Crippen LogP contribution in [-0.4, -0.2) is 0 Å². The monoisotopic (exact) mass is 332 g/mol. The van der Waals surface area contributed by atoms with E-state index in [1.54, 1.807) is 64.2 Å². The van der Waals surface area contributed by atoms with E-state index in [2.05, 4.69) is 6.92 Å². The first-order valence-electron chi connectivity index (χ1n) is 11.9. The third kappa shape index (κ3) is 5.25. The van der Waals surface area contributed by atoms with E-state index in [1.165, 1.54) is 51.4 Å². The highest BCUT2D eigenvalue weighted by Gasteiger charge is 2.42. The van der Waals surface area contributed by atoms with Crippen molar-refractivity contribution in [2.45, 2.75) is 122 Å². The standard InChI is InChI=1S/C24H44/c1-2-3-4-5-6-7-8-9-12-20-15-18-24-22(19-20)17-16-21-13-10-11-14-23(21)24/h20-24H,2-19H2,1H3/t20-,21?,22?,23?,24?/m0/s1. The molecule has 3 fully saturated rings. The number of fused-ring (bicyclic) bond motifs is 3. The van der Waals surface area contributed by atoms with Crippen LogP contribution < -0.4 is 0 Å². The molecule has 0 aromatic rings. The van der Waals surface area contributed by atoms with Gasteiger partial charge in [-0.05, 0) is 61.7 Å². The van der Waals surface area contributed by atoms with Crippen LogP contribution in [0.25, 0.3) is 0 Å². The summed E-state index contributed by atoms with van der Waals surface area (Å²) in [7, 11) is 0. The van der Waals surface area contributed by atoms with Crippen molar-refractivity contribution in [1.82, 2.24) is 0 Å². The van der Waals surface area contributed by atoms with Crippen LogP contribution in [0.5, 0.6) is 0 Å². The van der Waals surface area contributed by atoms with E-state index in [4.69, 9.17) is 0 Å². The summed E-state index contributed by atoms with van der Waals surface area (Å²) in [5.74, 6) is 5.69. The molecular weight excluding hydrogens is 288 g/mol. The minimum Gasteiger partial charge on any atom is -0.0654 e. The van der Waals surface area contributed by atoms with Gasteiger partial charge in [0, 0.05) is 0 Å². The van der Waals surface area contributed by atoms with Gasteiger partial charge in [0.25, 0.3) is 0 Å². The van der Waals surface area contributed by atoms with Gasteiger partial charge in [-0.2, -0.15) is 0 Å². The first-order chi connectivity index (χ1) is 11.9. The lowest BCUT2D eigenvalue weighted by atomic mass is 9.56. The summed E-state index contributed by atoms with van der Waals surface area (Å²) in [4.78, 5) is 0. The fourth-order valence-corrected chi connectivity index (χ4v) is 6.70. The molecule has 0 heterocycles. The molecule has 0 aromatic heterocycles. The van der Waals surface area contributed by atoms with Crippen LogP contribution in [0.3, 0.4) is 0 Å². The van der Waals surface area contributed by atoms with Crippen molar-refractivity contribution >= 4 is 0 Å². The Morgan fingerprint density at radius 1 is 0.583 bits per heavy atom. The minimum absolute atomic E-state index is 1.10. The van der Waals surface area contributed by atoms with E-state index >= 15 is 0 Å². The van der Waals surface area contributed by atoms with Gasteiger partial charge in [0.15, 0.2) is 0 Å². The molecule has 24 heavy (non-hydrogen) atoms. The SMILES string of the molecule is CCCCCCCCCC[C@H]1CCC2C(CCC3CCCCC32)C1. The summed E-state index contributed by atoms with van der Waals surface area (Å²) in [5.41, 5.74) is 0. The zero-order chi connectivity index (χ0) is 16.6. The van der Waals surface area contributed by atoms with Crippen LogP contribution in [0.4, 0.5) is 0 Å². The number of unbranched alkanes of at least 4 members (excludes halogenated alkanes) is 7. The van der Waals surface area contributed by atoms with Gasteiger partial charge < -0.3 is 0 Å². The largest absolute Gasteiger partial charge is 0.0654 e. The lowest BCUT2D eigenvalue weighted by Gasteiger charge is -2.49. The molecule has 0 saturated heterocycles. The lowest BCUT2D eigenvalue weighted by Crippen LogP contribution is -2.40. The topological polar surface area (TPSA) is 0 Å². The van der Waals surface area contributed by atoms with Crippen LogP contribution in [0, 0.1) is 29.6 Å². The second kappa shape index (κ2) is 10.2. The highest BCUT2D eigenvalue weighted by molar-refractivity contribution is 4.92. The Hall–Kier alpha value is 0. The highest BCUT2D eigenvalue weighted by atomic mass is 14.5. The Morgan fingerprint density at radius 3 is 2.08 bits per heavy atom. The highest BCUT2D eigenvalue weighted by Crippen LogP contribution is 2.52. The molecule has 3 saturated carbocycles. The molecule has 5 atom stereocenters. The molecule has 3 rings (SSSR count). The third-order valence-corrected chi connectivity index (χ3v) is 8.04. The number of rotatable bonds is 9. The quantitative estimate of drug-likeness (QED) is 0.374. The van der Waals surface area contributed by atoms with Gasteiger partial charge in [-0.25, -0.2) is 0 Å². The summed E-state index contributed by atoms with van der Waals surface area (Å²) in [6.45, 7) is 2.31. The maximum absolute atomic E-state index is 2.31. The molecule has 0 spiro atoms. The predicted octanol–water partition coefficient (Wildman–Crippen LogP) is 8.15. The van der Waals surface area contributed by atoms with Crippen LogP contribution in [0.2, 0.25) is 0 Å². The lowest BCUT2D eigenvalue weighted by molar-refractivity contribution is 0.0101. The van der Waals surface area contributed by atoms with Crippen molar-refractivity contribution in [1.29, 1.82) is 0 Å². The maximum atomic E-state index is 2.31. The summed E-state index contributed by atoms with van der Waals surface area (Å²) >= 11 is 0. The van der Waals surface area contributed by atoms with Crippen molar-refractivity contribution in [2.24, 2.45) is 29.6 Å². The second-order valence-electron chi connectivity index (χ2n) is 9.65. The summed E-state index contributed by atoms with van der Waals surface area (Å²) in [6.07, 6.45) is 27.7. The fraction of sp³-hybridized carbons (Fsp3) is 1.00. The second-order valence-corrected chi connectivity index (χ2v) is 9.65. The normalized spacial score (nSPS) is 36.1. The third-order valence-electron chi connectivity index (χ3n) is 8.04. The Labute approximate surface area is 152 Å². The molecular formula is C24H44. The van der Waals surface area contributed by atoms with Crippen LogP contribution in [0.15, 0.2) is 0 Å². The predicted molar refractivity (Wildman–Crippen MR) is 106 cm³/mol. The average molecular weight is 333 g/mol. The van der Waals surface area contributed by atoms with Crippen molar-refractivity contribution < 1.29 is 0 Å². The first kappa shape index (κ1) is 18.8. The molecule has 3 aliphatic carbocycles. The summed E-state index contributed by atoms with van der Waals surface area (Å²) < 4.78 is 0. The van der Waals surface area contributed by atoms with E-state index in [0.717, 1.165) is 29.6 Å². The molecule has 0 radical (unpaired) electrons. The van der Waals surface area contributed by atoms with Gasteiger partial charge in [-0.1, -0.05) is 90.4 Å². The van der Waals surface area contributed by atoms with E-state index in [0.29, 0.717) is 0 Å². The summed E-state index contributed by atoms with van der Waals surface area (Å²) in [5, 5.41) is 0.